The van der Waals surface area contributed by atoms with Crippen LogP contribution in [0, 0.1) is 12.3 Å². The predicted molar refractivity (Wildman–Crippen MR) is 83.2 cm³/mol. The standard InChI is InChI=1S/C17H19N3O3/c1-10-5-6-11-12(7-10)19-9-16(2,3)14(22)20(19)17(11)8-13(21)18(4)15(17)23/h5-7H,8-9H2,1-4H3. The maximum atomic E-state index is 13.0. The summed E-state index contributed by atoms with van der Waals surface area (Å²) in [4.78, 5) is 39.3. The fourth-order valence-electron chi connectivity index (χ4n) is 3.98. The van der Waals surface area contributed by atoms with E-state index >= 15 is 0 Å². The van der Waals surface area contributed by atoms with E-state index < -0.39 is 11.0 Å². The van der Waals surface area contributed by atoms with Crippen LogP contribution in [0.3, 0.4) is 0 Å². The minimum absolute atomic E-state index is 0.0106. The molecule has 0 aromatic heterocycles. The van der Waals surface area contributed by atoms with Gasteiger partial charge in [-0.05, 0) is 32.4 Å². The Morgan fingerprint density at radius 1 is 1.09 bits per heavy atom. The van der Waals surface area contributed by atoms with Crippen LogP contribution in [0.4, 0.5) is 5.69 Å². The van der Waals surface area contributed by atoms with Crippen molar-refractivity contribution in [3.05, 3.63) is 29.3 Å². The van der Waals surface area contributed by atoms with Gasteiger partial charge >= 0.3 is 0 Å². The Morgan fingerprint density at radius 3 is 2.39 bits per heavy atom. The molecule has 3 heterocycles. The number of hydrogen-bond donors (Lipinski definition) is 0. The largest absolute Gasteiger partial charge is 0.283 e. The molecule has 0 bridgehead atoms. The van der Waals surface area contributed by atoms with Gasteiger partial charge in [0.25, 0.3) is 5.91 Å². The lowest BCUT2D eigenvalue weighted by Crippen LogP contribution is -2.53. The summed E-state index contributed by atoms with van der Waals surface area (Å²) in [6, 6.07) is 5.80. The molecule has 0 saturated carbocycles. The van der Waals surface area contributed by atoms with Gasteiger partial charge in [-0.15, -0.1) is 0 Å². The summed E-state index contributed by atoms with van der Waals surface area (Å²) < 4.78 is 0. The molecule has 1 aromatic carbocycles. The van der Waals surface area contributed by atoms with Gasteiger partial charge in [0.05, 0.1) is 24.1 Å². The van der Waals surface area contributed by atoms with Crippen LogP contribution in [0.5, 0.6) is 0 Å². The molecular weight excluding hydrogens is 294 g/mol. The summed E-state index contributed by atoms with van der Waals surface area (Å²) in [7, 11) is 1.49. The van der Waals surface area contributed by atoms with E-state index in [-0.39, 0.29) is 24.1 Å². The summed E-state index contributed by atoms with van der Waals surface area (Å²) in [5.74, 6) is -0.676. The van der Waals surface area contributed by atoms with Crippen LogP contribution >= 0.6 is 0 Å². The second-order valence-corrected chi connectivity index (χ2v) is 7.37. The Morgan fingerprint density at radius 2 is 1.78 bits per heavy atom. The molecule has 6 heteroatoms. The van der Waals surface area contributed by atoms with Crippen LogP contribution in [0.15, 0.2) is 18.2 Å². The van der Waals surface area contributed by atoms with Gasteiger partial charge in [-0.3, -0.25) is 24.3 Å². The summed E-state index contributed by atoms with van der Waals surface area (Å²) in [5.41, 5.74) is 0.886. The molecule has 3 aliphatic heterocycles. The molecule has 1 spiro atoms. The van der Waals surface area contributed by atoms with Gasteiger partial charge in [-0.25, -0.2) is 5.01 Å². The zero-order valence-electron chi connectivity index (χ0n) is 13.7. The Kier molecular flexibility index (Phi) is 2.43. The van der Waals surface area contributed by atoms with Crippen molar-refractivity contribution in [1.29, 1.82) is 0 Å². The molecule has 1 atom stereocenters. The van der Waals surface area contributed by atoms with Gasteiger partial charge in [0, 0.05) is 12.6 Å². The second kappa shape index (κ2) is 3.93. The van der Waals surface area contributed by atoms with E-state index in [1.165, 1.54) is 7.05 Å². The highest BCUT2D eigenvalue weighted by Crippen LogP contribution is 2.55. The number of hydrazine groups is 1. The fraction of sp³-hybridized carbons (Fsp3) is 0.471. The number of fused-ring (bicyclic) bond motifs is 5. The van der Waals surface area contributed by atoms with E-state index in [2.05, 4.69) is 0 Å². The van der Waals surface area contributed by atoms with E-state index in [4.69, 9.17) is 0 Å². The molecule has 3 aliphatic rings. The third-order valence-corrected chi connectivity index (χ3v) is 5.24. The van der Waals surface area contributed by atoms with Crippen molar-refractivity contribution in [2.45, 2.75) is 32.7 Å². The van der Waals surface area contributed by atoms with Gasteiger partial charge in [0.15, 0.2) is 5.54 Å². The molecule has 3 amide bonds. The lowest BCUT2D eigenvalue weighted by Gasteiger charge is -2.33. The third-order valence-electron chi connectivity index (χ3n) is 5.24. The molecule has 120 valence electrons. The SMILES string of the molecule is Cc1ccc2c(c1)N1CC(C)(C)C(=O)N1C21CC(=O)N(C)C1=O. The first-order valence-electron chi connectivity index (χ1n) is 7.74. The molecule has 0 N–H and O–H groups in total. The van der Waals surface area contributed by atoms with Gasteiger partial charge in [-0.2, -0.15) is 0 Å². The first-order valence-corrected chi connectivity index (χ1v) is 7.74. The number of imide groups is 1. The number of rotatable bonds is 0. The highest BCUT2D eigenvalue weighted by molar-refractivity contribution is 6.12. The number of aryl methyl sites for hydroxylation is 1. The second-order valence-electron chi connectivity index (χ2n) is 7.37. The number of benzene rings is 1. The van der Waals surface area contributed by atoms with Gasteiger partial charge in [0.1, 0.15) is 0 Å². The summed E-state index contributed by atoms with van der Waals surface area (Å²) >= 11 is 0. The third kappa shape index (κ3) is 1.46. The highest BCUT2D eigenvalue weighted by atomic mass is 16.2. The molecular formula is C17H19N3O3. The van der Waals surface area contributed by atoms with Crippen LogP contribution < -0.4 is 5.01 Å². The lowest BCUT2D eigenvalue weighted by atomic mass is 9.84. The number of likely N-dealkylation sites (tertiary alicyclic amines) is 1. The predicted octanol–water partition coefficient (Wildman–Crippen LogP) is 1.18. The van der Waals surface area contributed by atoms with Crippen molar-refractivity contribution in [2.24, 2.45) is 5.41 Å². The molecule has 0 radical (unpaired) electrons. The molecule has 1 unspecified atom stereocenters. The average molecular weight is 313 g/mol. The first-order chi connectivity index (χ1) is 10.7. The van der Waals surface area contributed by atoms with Crippen molar-refractivity contribution in [2.75, 3.05) is 18.6 Å². The quantitative estimate of drug-likeness (QED) is 0.675. The van der Waals surface area contributed by atoms with Crippen molar-refractivity contribution in [3.8, 4) is 0 Å². The zero-order chi connectivity index (χ0) is 16.7. The smallest absolute Gasteiger partial charge is 0.262 e. The molecule has 23 heavy (non-hydrogen) atoms. The van der Waals surface area contributed by atoms with E-state index in [1.54, 1.807) is 5.01 Å². The van der Waals surface area contributed by atoms with Crippen molar-refractivity contribution in [3.63, 3.8) is 0 Å². The van der Waals surface area contributed by atoms with Gasteiger partial charge in [-0.1, -0.05) is 12.1 Å². The van der Waals surface area contributed by atoms with E-state index in [0.29, 0.717) is 6.54 Å². The van der Waals surface area contributed by atoms with Gasteiger partial charge < -0.3 is 0 Å². The number of nitrogens with zero attached hydrogens (tertiary/aromatic N) is 3. The molecule has 2 fully saturated rings. The molecule has 0 aliphatic carbocycles. The van der Waals surface area contributed by atoms with Crippen LogP contribution in [0.2, 0.25) is 0 Å². The highest BCUT2D eigenvalue weighted by Gasteiger charge is 2.67. The van der Waals surface area contributed by atoms with E-state index in [1.807, 2.05) is 44.0 Å². The topological polar surface area (TPSA) is 60.9 Å². The zero-order valence-corrected chi connectivity index (χ0v) is 13.7. The number of likely N-dealkylation sites (N-methyl/N-ethyl adjacent to an activating group) is 1. The summed E-state index contributed by atoms with van der Waals surface area (Å²) in [6.07, 6.45) is 0.0106. The van der Waals surface area contributed by atoms with E-state index in [0.717, 1.165) is 21.7 Å². The molecule has 6 nitrogen and oxygen atoms in total. The van der Waals surface area contributed by atoms with Crippen molar-refractivity contribution >= 4 is 23.4 Å². The van der Waals surface area contributed by atoms with Crippen LogP contribution in [-0.4, -0.2) is 41.2 Å². The van der Waals surface area contributed by atoms with Crippen LogP contribution in [0.25, 0.3) is 0 Å². The maximum Gasteiger partial charge on any atom is 0.262 e. The van der Waals surface area contributed by atoms with Crippen molar-refractivity contribution < 1.29 is 14.4 Å². The number of carbonyl (C=O) groups is 3. The number of amides is 3. The van der Waals surface area contributed by atoms with E-state index in [9.17, 15) is 14.4 Å². The molecule has 4 rings (SSSR count). The Labute approximate surface area is 134 Å². The summed E-state index contributed by atoms with van der Waals surface area (Å²) in [5, 5.41) is 3.43. The Balaban J connectivity index is 2.01. The Hall–Kier alpha value is -2.37. The Bertz CT molecular complexity index is 785. The number of hydrogen-bond acceptors (Lipinski definition) is 4. The van der Waals surface area contributed by atoms with Crippen molar-refractivity contribution in [1.82, 2.24) is 9.91 Å². The number of anilines is 1. The van der Waals surface area contributed by atoms with Crippen LogP contribution in [-0.2, 0) is 19.9 Å². The molecule has 2 saturated heterocycles. The minimum Gasteiger partial charge on any atom is -0.283 e. The monoisotopic (exact) mass is 313 g/mol. The van der Waals surface area contributed by atoms with Crippen LogP contribution in [0.1, 0.15) is 31.4 Å². The lowest BCUT2D eigenvalue weighted by molar-refractivity contribution is -0.149. The minimum atomic E-state index is -1.21. The normalized spacial score (nSPS) is 28.2. The number of carbonyl (C=O) groups excluding carboxylic acids is 3. The first kappa shape index (κ1) is 14.2. The molecule has 1 aromatic rings. The average Bonchev–Trinajstić information content (AvgIpc) is 2.97. The maximum absolute atomic E-state index is 13.0. The van der Waals surface area contributed by atoms with Gasteiger partial charge in [0.2, 0.25) is 11.8 Å². The summed E-state index contributed by atoms with van der Waals surface area (Å²) in [6.45, 7) is 6.24. The fourth-order valence-corrected chi connectivity index (χ4v) is 3.98.